The maximum absolute atomic E-state index is 11.3. The van der Waals surface area contributed by atoms with Gasteiger partial charge in [-0.05, 0) is 6.42 Å². The second-order valence-corrected chi connectivity index (χ2v) is 5.31. The summed E-state index contributed by atoms with van der Waals surface area (Å²) in [5, 5.41) is 0. The SMILES string of the molecule is CCCCCS(=O)(=O)OCC1COC(=O)O1. The molecule has 6 nitrogen and oxygen atoms in total. The molecule has 0 N–H and O–H groups in total. The van der Waals surface area contributed by atoms with Gasteiger partial charge in [-0.15, -0.1) is 0 Å². The van der Waals surface area contributed by atoms with E-state index in [1.807, 2.05) is 6.92 Å². The van der Waals surface area contributed by atoms with Crippen molar-refractivity contribution >= 4 is 16.3 Å². The van der Waals surface area contributed by atoms with Gasteiger partial charge in [-0.2, -0.15) is 8.42 Å². The van der Waals surface area contributed by atoms with E-state index in [-0.39, 0.29) is 19.0 Å². The third kappa shape index (κ3) is 4.80. The van der Waals surface area contributed by atoms with Crippen molar-refractivity contribution in [3.63, 3.8) is 0 Å². The predicted octanol–water partition coefficient (Wildman–Crippen LogP) is 1.06. The van der Waals surface area contributed by atoms with E-state index in [1.54, 1.807) is 0 Å². The van der Waals surface area contributed by atoms with Crippen molar-refractivity contribution in [2.24, 2.45) is 0 Å². The summed E-state index contributed by atoms with van der Waals surface area (Å²) in [6, 6.07) is 0. The molecule has 1 rings (SSSR count). The summed E-state index contributed by atoms with van der Waals surface area (Å²) in [5.74, 6) is 0.00234. The molecular weight excluding hydrogens is 236 g/mol. The zero-order valence-corrected chi connectivity index (χ0v) is 9.99. The molecule has 0 aromatic carbocycles. The van der Waals surface area contributed by atoms with Gasteiger partial charge in [0.15, 0.2) is 6.10 Å². The van der Waals surface area contributed by atoms with Crippen LogP contribution in [0.1, 0.15) is 26.2 Å². The van der Waals surface area contributed by atoms with Gasteiger partial charge in [-0.3, -0.25) is 4.18 Å². The fourth-order valence-electron chi connectivity index (χ4n) is 1.21. The Morgan fingerprint density at radius 1 is 1.44 bits per heavy atom. The molecule has 0 spiro atoms. The summed E-state index contributed by atoms with van der Waals surface area (Å²) < 4.78 is 36.5. The minimum atomic E-state index is -3.51. The molecule has 0 bridgehead atoms. The number of carbonyl (C=O) groups is 1. The Hall–Kier alpha value is -0.820. The van der Waals surface area contributed by atoms with Gasteiger partial charge in [-0.25, -0.2) is 4.79 Å². The Morgan fingerprint density at radius 2 is 2.19 bits per heavy atom. The average Bonchev–Trinajstić information content (AvgIpc) is 2.62. The van der Waals surface area contributed by atoms with Crippen LogP contribution in [0.4, 0.5) is 4.79 Å². The van der Waals surface area contributed by atoms with Crippen LogP contribution in [0.3, 0.4) is 0 Å². The van der Waals surface area contributed by atoms with Crippen LogP contribution in [-0.4, -0.2) is 39.6 Å². The molecule has 16 heavy (non-hydrogen) atoms. The summed E-state index contributed by atoms with van der Waals surface area (Å²) in [5.41, 5.74) is 0. The molecule has 1 fully saturated rings. The van der Waals surface area contributed by atoms with Crippen LogP contribution >= 0.6 is 0 Å². The smallest absolute Gasteiger partial charge is 0.430 e. The molecule has 0 amide bonds. The quantitative estimate of drug-likeness (QED) is 0.383. The number of ether oxygens (including phenoxy) is 2. The third-order valence-corrected chi connectivity index (χ3v) is 3.37. The number of carbonyl (C=O) groups excluding carboxylic acids is 1. The van der Waals surface area contributed by atoms with E-state index in [4.69, 9.17) is 4.18 Å². The molecule has 7 heteroatoms. The Morgan fingerprint density at radius 3 is 2.75 bits per heavy atom. The lowest BCUT2D eigenvalue weighted by molar-refractivity contribution is 0.0996. The third-order valence-electron chi connectivity index (χ3n) is 2.08. The van der Waals surface area contributed by atoms with Crippen molar-refractivity contribution < 1.29 is 26.9 Å². The van der Waals surface area contributed by atoms with Crippen molar-refractivity contribution in [3.8, 4) is 0 Å². The van der Waals surface area contributed by atoms with E-state index in [1.165, 1.54) is 0 Å². The molecule has 0 aromatic rings. The van der Waals surface area contributed by atoms with Gasteiger partial charge in [0, 0.05) is 0 Å². The molecule has 1 saturated heterocycles. The van der Waals surface area contributed by atoms with E-state index in [0.717, 1.165) is 12.8 Å². The first-order valence-electron chi connectivity index (χ1n) is 5.24. The number of cyclic esters (lactones) is 2. The van der Waals surface area contributed by atoms with E-state index >= 15 is 0 Å². The van der Waals surface area contributed by atoms with Crippen LogP contribution in [0.5, 0.6) is 0 Å². The first-order chi connectivity index (χ1) is 7.53. The van der Waals surface area contributed by atoms with E-state index in [9.17, 15) is 13.2 Å². The van der Waals surface area contributed by atoms with Crippen LogP contribution in [0.25, 0.3) is 0 Å². The molecule has 1 unspecified atom stereocenters. The van der Waals surface area contributed by atoms with Gasteiger partial charge in [0.2, 0.25) is 0 Å². The zero-order chi connectivity index (χ0) is 12.0. The molecule has 0 aromatic heterocycles. The van der Waals surface area contributed by atoms with Gasteiger partial charge in [-0.1, -0.05) is 19.8 Å². The van der Waals surface area contributed by atoms with Crippen molar-refractivity contribution in [2.45, 2.75) is 32.3 Å². The highest BCUT2D eigenvalue weighted by Crippen LogP contribution is 2.09. The predicted molar refractivity (Wildman–Crippen MR) is 55.5 cm³/mol. The molecule has 1 aliphatic rings. The summed E-state index contributed by atoms with van der Waals surface area (Å²) in [6.07, 6.45) is 0.985. The lowest BCUT2D eigenvalue weighted by Crippen LogP contribution is -2.22. The molecule has 1 heterocycles. The van der Waals surface area contributed by atoms with Gasteiger partial charge >= 0.3 is 6.16 Å². The fourth-order valence-corrected chi connectivity index (χ4v) is 2.25. The number of hydrogen-bond donors (Lipinski definition) is 0. The zero-order valence-electron chi connectivity index (χ0n) is 9.18. The molecule has 0 aliphatic carbocycles. The summed E-state index contributed by atoms with van der Waals surface area (Å²) in [6.45, 7) is 1.87. The maximum Gasteiger partial charge on any atom is 0.508 e. The Labute approximate surface area is 95.0 Å². The fraction of sp³-hybridized carbons (Fsp3) is 0.889. The Bertz CT molecular complexity index is 323. The number of rotatable bonds is 7. The van der Waals surface area contributed by atoms with E-state index < -0.39 is 22.4 Å². The molecule has 1 atom stereocenters. The molecule has 0 saturated carbocycles. The Kier molecular flexibility index (Phi) is 5.01. The first kappa shape index (κ1) is 13.2. The lowest BCUT2D eigenvalue weighted by Gasteiger charge is -2.07. The van der Waals surface area contributed by atoms with Crippen LogP contribution < -0.4 is 0 Å². The van der Waals surface area contributed by atoms with Crippen LogP contribution in [-0.2, 0) is 23.8 Å². The normalized spacial score (nSPS) is 20.6. The van der Waals surface area contributed by atoms with Gasteiger partial charge in [0.05, 0.1) is 5.75 Å². The van der Waals surface area contributed by atoms with Crippen LogP contribution in [0.15, 0.2) is 0 Å². The topological polar surface area (TPSA) is 78.9 Å². The number of unbranched alkanes of at least 4 members (excludes halogenated alkanes) is 2. The molecule has 0 radical (unpaired) electrons. The molecule has 94 valence electrons. The first-order valence-corrected chi connectivity index (χ1v) is 6.82. The monoisotopic (exact) mass is 252 g/mol. The van der Waals surface area contributed by atoms with Crippen LogP contribution in [0, 0.1) is 0 Å². The van der Waals surface area contributed by atoms with E-state index in [0.29, 0.717) is 6.42 Å². The minimum absolute atomic E-state index is 0.00234. The van der Waals surface area contributed by atoms with Crippen molar-refractivity contribution in [1.82, 2.24) is 0 Å². The van der Waals surface area contributed by atoms with Gasteiger partial charge < -0.3 is 9.47 Å². The standard InChI is InChI=1S/C9H16O6S/c1-2-3-4-5-16(11,12)14-7-8-6-13-9(10)15-8/h8H,2-7H2,1H3. The summed E-state index contributed by atoms with van der Waals surface area (Å²) >= 11 is 0. The average molecular weight is 252 g/mol. The largest absolute Gasteiger partial charge is 0.508 e. The van der Waals surface area contributed by atoms with Crippen LogP contribution in [0.2, 0.25) is 0 Å². The van der Waals surface area contributed by atoms with E-state index in [2.05, 4.69) is 9.47 Å². The second-order valence-electron chi connectivity index (χ2n) is 3.55. The lowest BCUT2D eigenvalue weighted by atomic mass is 10.3. The van der Waals surface area contributed by atoms with Gasteiger partial charge in [0.25, 0.3) is 10.1 Å². The maximum atomic E-state index is 11.3. The highest BCUT2D eigenvalue weighted by Gasteiger charge is 2.27. The highest BCUT2D eigenvalue weighted by atomic mass is 32.2. The summed E-state index contributed by atoms with van der Waals surface area (Å²) in [7, 11) is -3.51. The minimum Gasteiger partial charge on any atom is -0.430 e. The molecular formula is C9H16O6S. The summed E-state index contributed by atoms with van der Waals surface area (Å²) in [4.78, 5) is 10.5. The van der Waals surface area contributed by atoms with Crippen molar-refractivity contribution in [1.29, 1.82) is 0 Å². The second kappa shape index (κ2) is 6.05. The van der Waals surface area contributed by atoms with Gasteiger partial charge in [0.1, 0.15) is 13.2 Å². The Balaban J connectivity index is 2.22. The highest BCUT2D eigenvalue weighted by molar-refractivity contribution is 7.86. The molecule has 1 aliphatic heterocycles. The number of hydrogen-bond acceptors (Lipinski definition) is 6. The van der Waals surface area contributed by atoms with Crippen molar-refractivity contribution in [3.05, 3.63) is 0 Å². The van der Waals surface area contributed by atoms with Crippen molar-refractivity contribution in [2.75, 3.05) is 19.0 Å².